The third-order valence-corrected chi connectivity index (χ3v) is 4.19. The lowest BCUT2D eigenvalue weighted by atomic mass is 10.2. The Morgan fingerprint density at radius 1 is 1.47 bits per heavy atom. The van der Waals surface area contributed by atoms with Crippen LogP contribution in [0, 0.1) is 0 Å². The van der Waals surface area contributed by atoms with E-state index in [4.69, 9.17) is 9.26 Å². The maximum absolute atomic E-state index is 12.0. The van der Waals surface area contributed by atoms with Crippen LogP contribution in [0.15, 0.2) is 29.0 Å². The summed E-state index contributed by atoms with van der Waals surface area (Å²) in [4.78, 5) is 13.8. The maximum Gasteiger partial charge on any atom is 0.261 e. The second-order valence-corrected chi connectivity index (χ2v) is 5.49. The van der Waals surface area contributed by atoms with Crippen LogP contribution in [0.2, 0.25) is 0 Å². The molecule has 2 aromatic heterocycles. The van der Waals surface area contributed by atoms with Crippen molar-refractivity contribution in [2.45, 2.75) is 25.5 Å². The Balaban J connectivity index is 1.60. The molecular weight excluding hydrogens is 264 g/mol. The normalized spacial score (nSPS) is 18.6. The van der Waals surface area contributed by atoms with Crippen molar-refractivity contribution >= 4 is 17.2 Å². The molecule has 6 heteroatoms. The summed E-state index contributed by atoms with van der Waals surface area (Å²) >= 11 is 1.49. The van der Waals surface area contributed by atoms with Crippen molar-refractivity contribution in [1.82, 2.24) is 10.5 Å². The van der Waals surface area contributed by atoms with Gasteiger partial charge in [0.2, 0.25) is 0 Å². The van der Waals surface area contributed by atoms with E-state index >= 15 is 0 Å². The molecule has 0 radical (unpaired) electrons. The van der Waals surface area contributed by atoms with Crippen LogP contribution in [-0.4, -0.2) is 17.7 Å². The van der Waals surface area contributed by atoms with Gasteiger partial charge in [0.25, 0.3) is 5.91 Å². The van der Waals surface area contributed by atoms with Crippen LogP contribution in [0.3, 0.4) is 0 Å². The zero-order valence-electron chi connectivity index (χ0n) is 10.3. The van der Waals surface area contributed by atoms with E-state index in [1.807, 2.05) is 12.1 Å². The first-order valence-electron chi connectivity index (χ1n) is 6.22. The summed E-state index contributed by atoms with van der Waals surface area (Å²) in [5, 5.41) is 6.56. The predicted octanol–water partition coefficient (Wildman–Crippen LogP) is 2.52. The van der Waals surface area contributed by atoms with Gasteiger partial charge in [0, 0.05) is 17.6 Å². The first kappa shape index (κ1) is 12.4. The molecule has 2 aromatic rings. The molecule has 3 heterocycles. The Morgan fingerprint density at radius 2 is 2.42 bits per heavy atom. The Kier molecular flexibility index (Phi) is 3.61. The molecule has 1 aliphatic rings. The van der Waals surface area contributed by atoms with Crippen molar-refractivity contribution in [2.24, 2.45) is 0 Å². The zero-order valence-corrected chi connectivity index (χ0v) is 11.1. The van der Waals surface area contributed by atoms with Crippen LogP contribution >= 0.6 is 11.3 Å². The standard InChI is InChI=1S/C13H14N2O3S/c16-13(14-8-9-5-7-18-15-9)12-4-3-11(19-12)10-2-1-6-17-10/h3-5,7,10H,1-2,6,8H2,(H,14,16). The van der Waals surface area contributed by atoms with Gasteiger partial charge in [0.15, 0.2) is 0 Å². The number of hydrogen-bond donors (Lipinski definition) is 1. The first-order valence-corrected chi connectivity index (χ1v) is 7.03. The van der Waals surface area contributed by atoms with Gasteiger partial charge in [-0.05, 0) is 25.0 Å². The van der Waals surface area contributed by atoms with Gasteiger partial charge < -0.3 is 14.6 Å². The summed E-state index contributed by atoms with van der Waals surface area (Å²) < 4.78 is 10.3. The van der Waals surface area contributed by atoms with Crippen LogP contribution in [0.5, 0.6) is 0 Å². The second-order valence-electron chi connectivity index (χ2n) is 4.38. The minimum atomic E-state index is -0.0859. The lowest BCUT2D eigenvalue weighted by molar-refractivity contribution is 0.0954. The van der Waals surface area contributed by atoms with Crippen LogP contribution in [-0.2, 0) is 11.3 Å². The molecule has 0 spiro atoms. The van der Waals surface area contributed by atoms with E-state index in [-0.39, 0.29) is 12.0 Å². The molecule has 0 bridgehead atoms. The molecule has 1 amide bonds. The van der Waals surface area contributed by atoms with Gasteiger partial charge in [-0.15, -0.1) is 11.3 Å². The molecule has 100 valence electrons. The molecule has 5 nitrogen and oxygen atoms in total. The van der Waals surface area contributed by atoms with Gasteiger partial charge in [-0.3, -0.25) is 4.79 Å². The number of carbonyl (C=O) groups is 1. The van der Waals surface area contributed by atoms with Crippen molar-refractivity contribution in [3.8, 4) is 0 Å². The van der Waals surface area contributed by atoms with E-state index in [0.29, 0.717) is 17.1 Å². The lowest BCUT2D eigenvalue weighted by Gasteiger charge is -2.05. The minimum Gasteiger partial charge on any atom is -0.373 e. The molecule has 1 saturated heterocycles. The highest BCUT2D eigenvalue weighted by Gasteiger charge is 2.20. The topological polar surface area (TPSA) is 64.4 Å². The van der Waals surface area contributed by atoms with Gasteiger partial charge in [0.05, 0.1) is 17.5 Å². The molecule has 1 N–H and O–H groups in total. The number of amides is 1. The fourth-order valence-corrected chi connectivity index (χ4v) is 3.04. The fourth-order valence-electron chi connectivity index (χ4n) is 2.04. The van der Waals surface area contributed by atoms with Crippen LogP contribution < -0.4 is 5.32 Å². The number of aromatic nitrogens is 1. The number of rotatable bonds is 4. The highest BCUT2D eigenvalue weighted by Crippen LogP contribution is 2.33. The third kappa shape index (κ3) is 2.85. The smallest absolute Gasteiger partial charge is 0.261 e. The molecule has 1 fully saturated rings. The molecule has 0 aromatic carbocycles. The average molecular weight is 278 g/mol. The van der Waals surface area contributed by atoms with Crippen molar-refractivity contribution in [3.63, 3.8) is 0 Å². The number of carbonyl (C=O) groups excluding carboxylic acids is 1. The van der Waals surface area contributed by atoms with Crippen molar-refractivity contribution in [2.75, 3.05) is 6.61 Å². The Hall–Kier alpha value is -1.66. The maximum atomic E-state index is 12.0. The highest BCUT2D eigenvalue weighted by molar-refractivity contribution is 7.14. The molecule has 1 unspecified atom stereocenters. The van der Waals surface area contributed by atoms with Gasteiger partial charge >= 0.3 is 0 Å². The Bertz CT molecular complexity index is 544. The molecule has 0 saturated carbocycles. The summed E-state index contributed by atoms with van der Waals surface area (Å²) in [6.45, 7) is 1.19. The molecule has 3 rings (SSSR count). The first-order chi connectivity index (χ1) is 9.33. The summed E-state index contributed by atoms with van der Waals surface area (Å²) in [7, 11) is 0. The number of ether oxygens (including phenoxy) is 1. The SMILES string of the molecule is O=C(NCc1ccon1)c1ccc(C2CCCO2)s1. The van der Waals surface area contributed by atoms with Gasteiger partial charge in [-0.25, -0.2) is 0 Å². The van der Waals surface area contributed by atoms with E-state index in [9.17, 15) is 4.79 Å². The molecule has 19 heavy (non-hydrogen) atoms. The van der Waals surface area contributed by atoms with E-state index in [2.05, 4.69) is 10.5 Å². The number of hydrogen-bond acceptors (Lipinski definition) is 5. The van der Waals surface area contributed by atoms with Crippen molar-refractivity contribution < 1.29 is 14.1 Å². The fraction of sp³-hybridized carbons (Fsp3) is 0.385. The molecular formula is C13H14N2O3S. The number of nitrogens with zero attached hydrogens (tertiary/aromatic N) is 1. The zero-order chi connectivity index (χ0) is 13.1. The van der Waals surface area contributed by atoms with E-state index in [0.717, 1.165) is 24.3 Å². The van der Waals surface area contributed by atoms with E-state index in [1.165, 1.54) is 17.6 Å². The minimum absolute atomic E-state index is 0.0859. The largest absolute Gasteiger partial charge is 0.373 e. The van der Waals surface area contributed by atoms with Gasteiger partial charge in [0.1, 0.15) is 12.0 Å². The summed E-state index contributed by atoms with van der Waals surface area (Å²) in [5.41, 5.74) is 0.712. The third-order valence-electron chi connectivity index (χ3n) is 3.02. The average Bonchev–Trinajstić information content (AvgIpc) is 3.14. The van der Waals surface area contributed by atoms with Crippen LogP contribution in [0.4, 0.5) is 0 Å². The van der Waals surface area contributed by atoms with Crippen LogP contribution in [0.25, 0.3) is 0 Å². The molecule has 0 aliphatic carbocycles. The summed E-state index contributed by atoms with van der Waals surface area (Å²) in [6.07, 6.45) is 3.79. The van der Waals surface area contributed by atoms with Gasteiger partial charge in [-0.1, -0.05) is 5.16 Å². The van der Waals surface area contributed by atoms with E-state index in [1.54, 1.807) is 6.07 Å². The number of nitrogens with one attached hydrogen (secondary N) is 1. The Morgan fingerprint density at radius 3 is 3.16 bits per heavy atom. The Labute approximate surface area is 114 Å². The summed E-state index contributed by atoms with van der Waals surface area (Å²) in [6, 6.07) is 5.55. The molecule has 1 aliphatic heterocycles. The monoisotopic (exact) mass is 278 g/mol. The molecule has 1 atom stereocenters. The summed E-state index contributed by atoms with van der Waals surface area (Å²) in [5.74, 6) is -0.0859. The second kappa shape index (κ2) is 5.54. The highest BCUT2D eigenvalue weighted by atomic mass is 32.1. The quantitative estimate of drug-likeness (QED) is 0.933. The van der Waals surface area contributed by atoms with Gasteiger partial charge in [-0.2, -0.15) is 0 Å². The number of thiophene rings is 1. The van der Waals surface area contributed by atoms with E-state index < -0.39 is 0 Å². The predicted molar refractivity (Wildman–Crippen MR) is 69.9 cm³/mol. The van der Waals surface area contributed by atoms with Crippen LogP contribution in [0.1, 0.15) is 39.2 Å². The van der Waals surface area contributed by atoms with Crippen molar-refractivity contribution in [3.05, 3.63) is 39.9 Å². The van der Waals surface area contributed by atoms with Crippen molar-refractivity contribution in [1.29, 1.82) is 0 Å². The lowest BCUT2D eigenvalue weighted by Crippen LogP contribution is -2.21.